The molecule has 0 amide bonds. The minimum atomic E-state index is 0.936. The molecule has 0 spiro atoms. The predicted molar refractivity (Wildman–Crippen MR) is 84.9 cm³/mol. The molecule has 0 saturated carbocycles. The SMILES string of the molecule is Cc1ccccc1N=C1Nc2cccc3cccc1c23. The van der Waals surface area contributed by atoms with Crippen LogP contribution >= 0.6 is 0 Å². The molecule has 1 aliphatic heterocycles. The third-order valence-corrected chi connectivity index (χ3v) is 3.76. The van der Waals surface area contributed by atoms with Crippen LogP contribution in [0.2, 0.25) is 0 Å². The van der Waals surface area contributed by atoms with Crippen molar-refractivity contribution >= 4 is 28.0 Å². The Hall–Kier alpha value is -2.61. The molecule has 0 fully saturated rings. The molecule has 0 aliphatic carbocycles. The van der Waals surface area contributed by atoms with Crippen molar-refractivity contribution in [2.24, 2.45) is 4.99 Å². The molecule has 0 saturated heterocycles. The Labute approximate surface area is 117 Å². The van der Waals surface area contributed by atoms with E-state index in [4.69, 9.17) is 4.99 Å². The molecule has 4 rings (SSSR count). The first-order chi connectivity index (χ1) is 9.83. The van der Waals surface area contributed by atoms with Gasteiger partial charge in [0.1, 0.15) is 5.84 Å². The smallest absolute Gasteiger partial charge is 0.139 e. The van der Waals surface area contributed by atoms with E-state index >= 15 is 0 Å². The number of hydrogen-bond acceptors (Lipinski definition) is 1. The highest BCUT2D eigenvalue weighted by Crippen LogP contribution is 2.34. The molecule has 1 N–H and O–H groups in total. The Kier molecular flexibility index (Phi) is 2.36. The van der Waals surface area contributed by atoms with Gasteiger partial charge in [-0.15, -0.1) is 0 Å². The lowest BCUT2D eigenvalue weighted by Crippen LogP contribution is -2.06. The average molecular weight is 258 g/mol. The lowest BCUT2D eigenvalue weighted by Gasteiger charge is -2.03. The van der Waals surface area contributed by atoms with Gasteiger partial charge in [0.05, 0.1) is 5.69 Å². The van der Waals surface area contributed by atoms with E-state index in [0.717, 1.165) is 17.2 Å². The molecule has 3 aromatic carbocycles. The first-order valence-corrected chi connectivity index (χ1v) is 6.76. The van der Waals surface area contributed by atoms with Crippen molar-refractivity contribution in [3.63, 3.8) is 0 Å². The highest BCUT2D eigenvalue weighted by atomic mass is 15.0. The van der Waals surface area contributed by atoms with Crippen molar-refractivity contribution in [2.75, 3.05) is 5.32 Å². The highest BCUT2D eigenvalue weighted by molar-refractivity contribution is 6.26. The van der Waals surface area contributed by atoms with E-state index in [9.17, 15) is 0 Å². The fourth-order valence-electron chi connectivity index (χ4n) is 2.73. The van der Waals surface area contributed by atoms with Gasteiger partial charge in [0, 0.05) is 16.6 Å². The maximum absolute atomic E-state index is 4.80. The third kappa shape index (κ3) is 1.62. The third-order valence-electron chi connectivity index (χ3n) is 3.76. The second-order valence-corrected chi connectivity index (χ2v) is 5.08. The lowest BCUT2D eigenvalue weighted by molar-refractivity contribution is 1.39. The maximum Gasteiger partial charge on any atom is 0.139 e. The van der Waals surface area contributed by atoms with Crippen LogP contribution < -0.4 is 5.32 Å². The van der Waals surface area contributed by atoms with Gasteiger partial charge in [0.2, 0.25) is 0 Å². The number of anilines is 1. The van der Waals surface area contributed by atoms with Gasteiger partial charge >= 0.3 is 0 Å². The molecule has 1 aliphatic rings. The topological polar surface area (TPSA) is 24.4 Å². The molecule has 96 valence electrons. The van der Waals surface area contributed by atoms with Crippen molar-refractivity contribution < 1.29 is 0 Å². The molecule has 20 heavy (non-hydrogen) atoms. The summed E-state index contributed by atoms with van der Waals surface area (Å²) in [5, 5.41) is 5.95. The van der Waals surface area contributed by atoms with Gasteiger partial charge in [-0.2, -0.15) is 0 Å². The summed E-state index contributed by atoms with van der Waals surface area (Å²) in [4.78, 5) is 4.80. The van der Waals surface area contributed by atoms with Crippen LogP contribution in [0, 0.1) is 6.92 Å². The summed E-state index contributed by atoms with van der Waals surface area (Å²) < 4.78 is 0. The van der Waals surface area contributed by atoms with E-state index in [1.807, 2.05) is 18.2 Å². The fraction of sp³-hybridized carbons (Fsp3) is 0.0556. The number of amidine groups is 1. The number of aliphatic imine (C=N–C) groups is 1. The lowest BCUT2D eigenvalue weighted by atomic mass is 10.1. The Morgan fingerprint density at radius 3 is 2.50 bits per heavy atom. The number of rotatable bonds is 1. The van der Waals surface area contributed by atoms with Crippen LogP contribution in [0.15, 0.2) is 65.7 Å². The summed E-state index contributed by atoms with van der Waals surface area (Å²) in [6, 6.07) is 20.9. The van der Waals surface area contributed by atoms with E-state index in [1.165, 1.54) is 21.9 Å². The van der Waals surface area contributed by atoms with Crippen molar-refractivity contribution in [3.05, 3.63) is 71.8 Å². The molecule has 0 unspecified atom stereocenters. The Balaban J connectivity index is 1.93. The molecule has 0 atom stereocenters. The molecule has 0 bridgehead atoms. The number of aryl methyl sites for hydroxylation is 1. The van der Waals surface area contributed by atoms with Crippen LogP contribution in [0.4, 0.5) is 11.4 Å². The molecule has 0 radical (unpaired) electrons. The van der Waals surface area contributed by atoms with Gasteiger partial charge in [0.25, 0.3) is 0 Å². The van der Waals surface area contributed by atoms with Gasteiger partial charge in [-0.05, 0) is 30.0 Å². The summed E-state index contributed by atoms with van der Waals surface area (Å²) in [7, 11) is 0. The van der Waals surface area contributed by atoms with E-state index in [0.29, 0.717) is 0 Å². The molecule has 0 aromatic heterocycles. The van der Waals surface area contributed by atoms with Gasteiger partial charge in [-0.3, -0.25) is 0 Å². The molecule has 2 heteroatoms. The Morgan fingerprint density at radius 2 is 1.65 bits per heavy atom. The van der Waals surface area contributed by atoms with E-state index in [1.54, 1.807) is 0 Å². The predicted octanol–water partition coefficient (Wildman–Crippen LogP) is 4.65. The first kappa shape index (κ1) is 11.2. The molecule has 1 heterocycles. The molecular formula is C18H14N2. The van der Waals surface area contributed by atoms with Crippen LogP contribution in [0.5, 0.6) is 0 Å². The molecule has 3 aromatic rings. The van der Waals surface area contributed by atoms with Crippen molar-refractivity contribution in [2.45, 2.75) is 6.92 Å². The van der Waals surface area contributed by atoms with Gasteiger partial charge in [0.15, 0.2) is 0 Å². The van der Waals surface area contributed by atoms with Crippen molar-refractivity contribution in [1.29, 1.82) is 0 Å². The minimum absolute atomic E-state index is 0.936. The van der Waals surface area contributed by atoms with Crippen molar-refractivity contribution in [3.8, 4) is 0 Å². The number of nitrogens with zero attached hydrogens (tertiary/aromatic N) is 1. The molecule has 2 nitrogen and oxygen atoms in total. The second kappa shape index (κ2) is 4.20. The summed E-state index contributed by atoms with van der Waals surface area (Å²) in [6.45, 7) is 2.09. The van der Waals surface area contributed by atoms with Crippen LogP contribution in [-0.4, -0.2) is 5.84 Å². The number of para-hydroxylation sites is 1. The standard InChI is InChI=1S/C18H14N2/c1-12-6-2-3-10-15(12)19-18-14-9-4-7-13-8-5-11-16(20-18)17(13)14/h2-11H,1H3,(H,19,20). The summed E-state index contributed by atoms with van der Waals surface area (Å²) >= 11 is 0. The van der Waals surface area contributed by atoms with Crippen LogP contribution in [-0.2, 0) is 0 Å². The normalized spacial score (nSPS) is 14.8. The maximum atomic E-state index is 4.80. The highest BCUT2D eigenvalue weighted by Gasteiger charge is 2.19. The summed E-state index contributed by atoms with van der Waals surface area (Å²) in [5.41, 5.74) is 4.52. The van der Waals surface area contributed by atoms with Crippen LogP contribution in [0.25, 0.3) is 10.8 Å². The first-order valence-electron chi connectivity index (χ1n) is 6.76. The Bertz CT molecular complexity index is 842. The summed E-state index contributed by atoms with van der Waals surface area (Å²) in [6.07, 6.45) is 0. The monoisotopic (exact) mass is 258 g/mol. The van der Waals surface area contributed by atoms with E-state index in [2.05, 4.69) is 54.7 Å². The molecular weight excluding hydrogens is 244 g/mol. The zero-order valence-electron chi connectivity index (χ0n) is 11.2. The quantitative estimate of drug-likeness (QED) is 0.675. The Morgan fingerprint density at radius 1 is 0.850 bits per heavy atom. The number of hydrogen-bond donors (Lipinski definition) is 1. The second-order valence-electron chi connectivity index (χ2n) is 5.08. The fourth-order valence-corrected chi connectivity index (χ4v) is 2.73. The number of nitrogens with one attached hydrogen (secondary N) is 1. The average Bonchev–Trinajstić information content (AvgIpc) is 2.82. The van der Waals surface area contributed by atoms with Crippen LogP contribution in [0.3, 0.4) is 0 Å². The van der Waals surface area contributed by atoms with E-state index < -0.39 is 0 Å². The number of benzene rings is 3. The van der Waals surface area contributed by atoms with E-state index in [-0.39, 0.29) is 0 Å². The van der Waals surface area contributed by atoms with Crippen LogP contribution in [0.1, 0.15) is 11.1 Å². The zero-order valence-corrected chi connectivity index (χ0v) is 11.2. The van der Waals surface area contributed by atoms with Crippen molar-refractivity contribution in [1.82, 2.24) is 0 Å². The van der Waals surface area contributed by atoms with Gasteiger partial charge in [-0.25, -0.2) is 4.99 Å². The minimum Gasteiger partial charge on any atom is -0.339 e. The van der Waals surface area contributed by atoms with Gasteiger partial charge in [-0.1, -0.05) is 48.5 Å². The largest absolute Gasteiger partial charge is 0.339 e. The zero-order chi connectivity index (χ0) is 13.5. The summed E-state index contributed by atoms with van der Waals surface area (Å²) in [5.74, 6) is 0.936. The van der Waals surface area contributed by atoms with Gasteiger partial charge < -0.3 is 5.32 Å².